The van der Waals surface area contributed by atoms with Crippen LogP contribution in [-0.4, -0.2) is 63.0 Å². The van der Waals surface area contributed by atoms with Crippen LogP contribution in [0.2, 0.25) is 0 Å². The van der Waals surface area contributed by atoms with Crippen LogP contribution < -0.4 is 10.3 Å². The molecule has 1 aromatic carbocycles. The topological polar surface area (TPSA) is 94.6 Å². The summed E-state index contributed by atoms with van der Waals surface area (Å²) in [6, 6.07) is 8.28. The van der Waals surface area contributed by atoms with E-state index in [-0.39, 0.29) is 12.2 Å². The van der Waals surface area contributed by atoms with E-state index in [4.69, 9.17) is 4.74 Å². The summed E-state index contributed by atoms with van der Waals surface area (Å²) in [6.07, 6.45) is 5.70. The summed E-state index contributed by atoms with van der Waals surface area (Å²) in [5, 5.41) is 10.6. The predicted octanol–water partition coefficient (Wildman–Crippen LogP) is 3.36. The molecule has 0 unspecified atom stereocenters. The molecule has 2 atom stereocenters. The molecular weight excluding hydrogens is 416 g/mol. The van der Waals surface area contributed by atoms with Crippen LogP contribution in [0.4, 0.5) is 5.82 Å². The minimum Gasteiger partial charge on any atom is -0.372 e. The zero-order valence-corrected chi connectivity index (χ0v) is 19.1. The van der Waals surface area contributed by atoms with Crippen molar-refractivity contribution < 1.29 is 4.74 Å². The molecule has 4 heterocycles. The lowest BCUT2D eigenvalue weighted by atomic mass is 10.0. The summed E-state index contributed by atoms with van der Waals surface area (Å²) in [4.78, 5) is 15.7. The van der Waals surface area contributed by atoms with E-state index in [0.29, 0.717) is 6.67 Å². The second-order valence-corrected chi connectivity index (χ2v) is 8.48. The molecule has 0 spiro atoms. The van der Waals surface area contributed by atoms with Crippen LogP contribution in [0, 0.1) is 0 Å². The zero-order chi connectivity index (χ0) is 22.9. The van der Waals surface area contributed by atoms with Crippen molar-refractivity contribution in [1.29, 1.82) is 0 Å². The van der Waals surface area contributed by atoms with Crippen LogP contribution in [0.1, 0.15) is 26.3 Å². The van der Waals surface area contributed by atoms with E-state index in [1.165, 1.54) is 0 Å². The van der Waals surface area contributed by atoms with Gasteiger partial charge in [0.15, 0.2) is 0 Å². The van der Waals surface area contributed by atoms with E-state index in [1.807, 2.05) is 23.3 Å². The number of morpholine rings is 1. The molecule has 5 rings (SSSR count). The number of anilines is 1. The van der Waals surface area contributed by atoms with Gasteiger partial charge in [0.05, 0.1) is 23.4 Å². The maximum Gasteiger partial charge on any atom is 0.142 e. The third-order valence-electron chi connectivity index (χ3n) is 5.89. The lowest BCUT2D eigenvalue weighted by molar-refractivity contribution is -0.00546. The normalized spacial score (nSPS) is 21.5. The average molecular weight is 445 g/mol. The molecule has 2 aromatic heterocycles. The second kappa shape index (κ2) is 8.76. The first-order chi connectivity index (χ1) is 16.0. The summed E-state index contributed by atoms with van der Waals surface area (Å²) < 4.78 is 5.87. The lowest BCUT2D eigenvalue weighted by Gasteiger charge is -2.36. The average Bonchev–Trinajstić information content (AvgIpc) is 3.44. The Morgan fingerprint density at radius 1 is 1.18 bits per heavy atom. The number of aromatic amines is 1. The number of amidine groups is 1. The number of fused-ring (bicyclic) bond motifs is 1. The van der Waals surface area contributed by atoms with Gasteiger partial charge in [0, 0.05) is 30.7 Å². The van der Waals surface area contributed by atoms with Crippen LogP contribution in [0.3, 0.4) is 0 Å². The van der Waals surface area contributed by atoms with E-state index in [0.717, 1.165) is 58.2 Å². The highest BCUT2D eigenvalue weighted by atomic mass is 16.5. The fourth-order valence-corrected chi connectivity index (χ4v) is 4.36. The fraction of sp³-hybridized carbons (Fsp3) is 0.333. The Balaban J connectivity index is 1.47. The van der Waals surface area contributed by atoms with Gasteiger partial charge in [0.2, 0.25) is 0 Å². The van der Waals surface area contributed by atoms with Crippen molar-refractivity contribution in [3.05, 3.63) is 55.0 Å². The molecule has 1 fully saturated rings. The van der Waals surface area contributed by atoms with E-state index in [9.17, 15) is 0 Å². The number of hydrogen-bond acceptors (Lipinski definition) is 8. The molecule has 0 aliphatic carbocycles. The minimum atomic E-state index is 0.160. The first-order valence-electron chi connectivity index (χ1n) is 11.1. The minimum absolute atomic E-state index is 0.160. The molecule has 0 bridgehead atoms. The van der Waals surface area contributed by atoms with Crippen LogP contribution in [-0.2, 0) is 4.74 Å². The number of nitrogens with one attached hydrogen (secondary N) is 2. The van der Waals surface area contributed by atoms with Crippen LogP contribution in [0.15, 0.2) is 54.4 Å². The van der Waals surface area contributed by atoms with Gasteiger partial charge in [-0.25, -0.2) is 20.4 Å². The van der Waals surface area contributed by atoms with Gasteiger partial charge in [0.1, 0.15) is 30.3 Å². The maximum absolute atomic E-state index is 5.87. The van der Waals surface area contributed by atoms with Gasteiger partial charge >= 0.3 is 0 Å². The van der Waals surface area contributed by atoms with Gasteiger partial charge in [0.25, 0.3) is 0 Å². The Kier molecular flexibility index (Phi) is 5.65. The Bertz CT molecular complexity index is 1240. The summed E-state index contributed by atoms with van der Waals surface area (Å²) >= 11 is 0. The number of hydrogen-bond donors (Lipinski definition) is 2. The highest BCUT2D eigenvalue weighted by Crippen LogP contribution is 2.30. The van der Waals surface area contributed by atoms with Crippen molar-refractivity contribution in [3.8, 4) is 11.4 Å². The monoisotopic (exact) mass is 444 g/mol. The van der Waals surface area contributed by atoms with Crippen LogP contribution in [0.25, 0.3) is 27.9 Å². The maximum atomic E-state index is 5.87. The van der Waals surface area contributed by atoms with Crippen molar-refractivity contribution in [3.63, 3.8) is 0 Å². The number of aliphatic imine (C=N–C) groups is 1. The zero-order valence-electron chi connectivity index (χ0n) is 19.1. The third-order valence-corrected chi connectivity index (χ3v) is 5.89. The van der Waals surface area contributed by atoms with E-state index in [2.05, 4.69) is 75.0 Å². The summed E-state index contributed by atoms with van der Waals surface area (Å²) in [5.41, 5.74) is 7.95. The molecule has 9 heteroatoms. The van der Waals surface area contributed by atoms with E-state index < -0.39 is 0 Å². The van der Waals surface area contributed by atoms with Gasteiger partial charge in [-0.2, -0.15) is 5.10 Å². The molecule has 33 heavy (non-hydrogen) atoms. The number of aromatic nitrogens is 4. The second-order valence-electron chi connectivity index (χ2n) is 8.48. The number of nitrogens with zero attached hydrogens (tertiary/aromatic N) is 6. The number of allylic oxidation sites excluding steroid dienone is 1. The third kappa shape index (κ3) is 4.24. The van der Waals surface area contributed by atoms with Crippen molar-refractivity contribution in [2.24, 2.45) is 4.99 Å². The Hall–Kier alpha value is -3.56. The number of ether oxygens (including phenoxy) is 1. The number of benzene rings is 1. The number of rotatable bonds is 5. The Labute approximate surface area is 192 Å². The van der Waals surface area contributed by atoms with Gasteiger partial charge in [-0.15, -0.1) is 0 Å². The predicted molar refractivity (Wildman–Crippen MR) is 130 cm³/mol. The molecule has 2 aliphatic heterocycles. The van der Waals surface area contributed by atoms with Crippen LogP contribution in [0.5, 0.6) is 0 Å². The van der Waals surface area contributed by atoms with Crippen molar-refractivity contribution in [1.82, 2.24) is 30.6 Å². The first kappa shape index (κ1) is 21.3. The molecule has 9 nitrogen and oxygen atoms in total. The summed E-state index contributed by atoms with van der Waals surface area (Å²) in [6.45, 7) is 12.2. The lowest BCUT2D eigenvalue weighted by Crippen LogP contribution is -2.45. The molecule has 0 radical (unpaired) electrons. The molecule has 0 saturated carbocycles. The van der Waals surface area contributed by atoms with E-state index >= 15 is 0 Å². The molecule has 0 amide bonds. The van der Waals surface area contributed by atoms with Crippen molar-refractivity contribution in [2.75, 3.05) is 24.7 Å². The molecule has 3 aromatic rings. The molecule has 1 saturated heterocycles. The molecule has 170 valence electrons. The Morgan fingerprint density at radius 3 is 2.79 bits per heavy atom. The van der Waals surface area contributed by atoms with Crippen LogP contribution >= 0.6 is 0 Å². The highest BCUT2D eigenvalue weighted by Gasteiger charge is 2.24. The molecule has 2 N–H and O–H groups in total. The largest absolute Gasteiger partial charge is 0.372 e. The van der Waals surface area contributed by atoms with Gasteiger partial charge in [-0.3, -0.25) is 10.1 Å². The number of hydrazine groups is 1. The Morgan fingerprint density at radius 2 is 2.00 bits per heavy atom. The standard InChI is InChI=1S/C24H28N8O/c1-5-22-27-14-28-32(22)10-15(2)18-6-7-20-19(8-18)24(30-29-20)21-9-23(26-13-25-21)31-11-16(3)33-17(4)12-31/h5-10,13,16-17,28H,1,11-12,14H2,2-4H3,(H,29,30)/b15-10+/t16-,17+. The summed E-state index contributed by atoms with van der Waals surface area (Å²) in [5.74, 6) is 1.70. The van der Waals surface area contributed by atoms with Crippen molar-refractivity contribution >= 4 is 28.1 Å². The van der Waals surface area contributed by atoms with Crippen molar-refractivity contribution in [2.45, 2.75) is 33.0 Å². The molecule has 2 aliphatic rings. The quantitative estimate of drug-likeness (QED) is 0.623. The summed E-state index contributed by atoms with van der Waals surface area (Å²) in [7, 11) is 0. The molecular formula is C24H28N8O. The number of H-pyrrole nitrogens is 1. The van der Waals surface area contributed by atoms with Gasteiger partial charge < -0.3 is 9.64 Å². The first-order valence-corrected chi connectivity index (χ1v) is 11.1. The van der Waals surface area contributed by atoms with Gasteiger partial charge in [-0.1, -0.05) is 12.6 Å². The van der Waals surface area contributed by atoms with E-state index in [1.54, 1.807) is 12.4 Å². The van der Waals surface area contributed by atoms with Gasteiger partial charge in [-0.05, 0) is 50.1 Å². The fourth-order valence-electron chi connectivity index (χ4n) is 4.36. The highest BCUT2D eigenvalue weighted by molar-refractivity contribution is 5.96. The SMILES string of the molecule is C=CC1=NCNN1/C=C(\C)c1ccc2[nH]nc(-c3cc(N4C[C@@H](C)O[C@@H](C)C4)ncn3)c2c1. The smallest absolute Gasteiger partial charge is 0.142 e.